The van der Waals surface area contributed by atoms with Crippen LogP contribution < -0.4 is 5.73 Å². The molecule has 0 fully saturated rings. The summed E-state index contributed by atoms with van der Waals surface area (Å²) in [5, 5.41) is 5.00. The topological polar surface area (TPSA) is 43.8 Å². The molecule has 0 bridgehead atoms. The van der Waals surface area contributed by atoms with Crippen LogP contribution >= 0.6 is 11.6 Å². The SMILES string of the molecule is Cc1ccc(C(N)Cc2c(C)nn(C)c2Cl)c(C)c1. The summed E-state index contributed by atoms with van der Waals surface area (Å²) in [5.41, 5.74) is 12.0. The van der Waals surface area contributed by atoms with Crippen LogP contribution in [0.4, 0.5) is 0 Å². The van der Waals surface area contributed by atoms with Gasteiger partial charge in [0.25, 0.3) is 0 Å². The van der Waals surface area contributed by atoms with Crippen LogP contribution in [-0.4, -0.2) is 9.78 Å². The van der Waals surface area contributed by atoms with Crippen LogP contribution in [0.25, 0.3) is 0 Å². The van der Waals surface area contributed by atoms with E-state index in [9.17, 15) is 0 Å². The van der Waals surface area contributed by atoms with Crippen molar-refractivity contribution in [3.8, 4) is 0 Å². The molecule has 2 N–H and O–H groups in total. The maximum atomic E-state index is 6.33. The predicted octanol–water partition coefficient (Wildman–Crippen LogP) is 3.24. The smallest absolute Gasteiger partial charge is 0.130 e. The van der Waals surface area contributed by atoms with Crippen molar-refractivity contribution in [2.24, 2.45) is 12.8 Å². The summed E-state index contributed by atoms with van der Waals surface area (Å²) in [6, 6.07) is 6.31. The minimum atomic E-state index is -0.0546. The second kappa shape index (κ2) is 5.35. The lowest BCUT2D eigenvalue weighted by Crippen LogP contribution is -2.15. The normalized spacial score (nSPS) is 12.7. The number of benzene rings is 1. The molecule has 1 unspecified atom stereocenters. The first kappa shape index (κ1) is 14.1. The van der Waals surface area contributed by atoms with E-state index in [-0.39, 0.29) is 6.04 Å². The Hall–Kier alpha value is -1.32. The van der Waals surface area contributed by atoms with Crippen molar-refractivity contribution in [1.29, 1.82) is 0 Å². The second-order valence-electron chi connectivity index (χ2n) is 5.15. The zero-order chi connectivity index (χ0) is 14.2. The van der Waals surface area contributed by atoms with E-state index < -0.39 is 0 Å². The average Bonchev–Trinajstić information content (AvgIpc) is 2.56. The van der Waals surface area contributed by atoms with Crippen molar-refractivity contribution in [3.05, 3.63) is 51.3 Å². The Morgan fingerprint density at radius 2 is 2.00 bits per heavy atom. The number of rotatable bonds is 3. The Labute approximate surface area is 119 Å². The first-order valence-corrected chi connectivity index (χ1v) is 6.78. The van der Waals surface area contributed by atoms with Gasteiger partial charge in [0.2, 0.25) is 0 Å². The lowest BCUT2D eigenvalue weighted by atomic mass is 9.95. The predicted molar refractivity (Wildman–Crippen MR) is 79.5 cm³/mol. The third-order valence-corrected chi connectivity index (χ3v) is 3.99. The number of nitrogens with two attached hydrogens (primary N) is 1. The molecule has 0 amide bonds. The van der Waals surface area contributed by atoms with Gasteiger partial charge in [0, 0.05) is 18.7 Å². The fourth-order valence-corrected chi connectivity index (χ4v) is 2.73. The minimum absolute atomic E-state index is 0.0546. The molecule has 4 heteroatoms. The van der Waals surface area contributed by atoms with Gasteiger partial charge >= 0.3 is 0 Å². The van der Waals surface area contributed by atoms with E-state index in [1.165, 1.54) is 16.7 Å². The molecule has 0 saturated carbocycles. The highest BCUT2D eigenvalue weighted by atomic mass is 35.5. The van der Waals surface area contributed by atoms with Gasteiger partial charge in [-0.2, -0.15) is 5.10 Å². The molecule has 0 aliphatic carbocycles. The standard InChI is InChI=1S/C15H20ClN3/c1-9-5-6-12(10(2)7-9)14(17)8-13-11(3)18-19(4)15(13)16/h5-7,14H,8,17H2,1-4H3. The summed E-state index contributed by atoms with van der Waals surface area (Å²) in [7, 11) is 1.85. The van der Waals surface area contributed by atoms with Gasteiger partial charge in [-0.05, 0) is 38.3 Å². The monoisotopic (exact) mass is 277 g/mol. The van der Waals surface area contributed by atoms with Crippen LogP contribution in [-0.2, 0) is 13.5 Å². The average molecular weight is 278 g/mol. The lowest BCUT2D eigenvalue weighted by Gasteiger charge is -2.15. The van der Waals surface area contributed by atoms with Crippen molar-refractivity contribution in [2.45, 2.75) is 33.2 Å². The van der Waals surface area contributed by atoms with E-state index in [0.717, 1.165) is 11.3 Å². The third-order valence-electron chi connectivity index (χ3n) is 3.52. The zero-order valence-electron chi connectivity index (χ0n) is 11.9. The van der Waals surface area contributed by atoms with Crippen molar-refractivity contribution in [3.63, 3.8) is 0 Å². The minimum Gasteiger partial charge on any atom is -0.324 e. The molecule has 1 heterocycles. The van der Waals surface area contributed by atoms with Crippen molar-refractivity contribution in [1.82, 2.24) is 9.78 Å². The van der Waals surface area contributed by atoms with Gasteiger partial charge < -0.3 is 5.73 Å². The second-order valence-corrected chi connectivity index (χ2v) is 5.51. The number of aromatic nitrogens is 2. The fraction of sp³-hybridized carbons (Fsp3) is 0.400. The Balaban J connectivity index is 2.28. The van der Waals surface area contributed by atoms with Gasteiger partial charge in [-0.1, -0.05) is 35.4 Å². The number of halogens is 1. The van der Waals surface area contributed by atoms with Gasteiger partial charge in [-0.15, -0.1) is 0 Å². The van der Waals surface area contributed by atoms with E-state index in [1.807, 2.05) is 14.0 Å². The first-order valence-electron chi connectivity index (χ1n) is 6.41. The van der Waals surface area contributed by atoms with Gasteiger partial charge in [-0.25, -0.2) is 0 Å². The van der Waals surface area contributed by atoms with Crippen LogP contribution in [0.2, 0.25) is 5.15 Å². The Kier molecular flexibility index (Phi) is 3.97. The molecule has 2 rings (SSSR count). The highest BCUT2D eigenvalue weighted by Crippen LogP contribution is 2.26. The van der Waals surface area contributed by atoms with Gasteiger partial charge in [-0.3, -0.25) is 4.68 Å². The number of hydrogen-bond donors (Lipinski definition) is 1. The molecule has 0 radical (unpaired) electrons. The quantitative estimate of drug-likeness (QED) is 0.936. The van der Waals surface area contributed by atoms with Crippen molar-refractivity contribution in [2.75, 3.05) is 0 Å². The molecule has 102 valence electrons. The molecule has 1 aromatic heterocycles. The summed E-state index contributed by atoms with van der Waals surface area (Å²) in [5.74, 6) is 0. The van der Waals surface area contributed by atoms with Crippen LogP contribution in [0.1, 0.15) is 34.0 Å². The van der Waals surface area contributed by atoms with E-state index in [0.29, 0.717) is 11.6 Å². The van der Waals surface area contributed by atoms with E-state index in [1.54, 1.807) is 4.68 Å². The molecular formula is C15H20ClN3. The third kappa shape index (κ3) is 2.82. The van der Waals surface area contributed by atoms with Crippen LogP contribution in [0.3, 0.4) is 0 Å². The first-order chi connectivity index (χ1) is 8.90. The summed E-state index contributed by atoms with van der Waals surface area (Å²) in [6.45, 7) is 6.15. The van der Waals surface area contributed by atoms with Crippen LogP contribution in [0, 0.1) is 20.8 Å². The summed E-state index contributed by atoms with van der Waals surface area (Å²) in [6.07, 6.45) is 0.711. The molecule has 0 aliphatic heterocycles. The molecule has 0 saturated heterocycles. The van der Waals surface area contributed by atoms with Crippen molar-refractivity contribution < 1.29 is 0 Å². The zero-order valence-corrected chi connectivity index (χ0v) is 12.6. The van der Waals surface area contributed by atoms with E-state index in [2.05, 4.69) is 37.1 Å². The van der Waals surface area contributed by atoms with E-state index >= 15 is 0 Å². The molecular weight excluding hydrogens is 258 g/mol. The summed E-state index contributed by atoms with van der Waals surface area (Å²) < 4.78 is 1.70. The highest BCUT2D eigenvalue weighted by Gasteiger charge is 2.17. The highest BCUT2D eigenvalue weighted by molar-refractivity contribution is 6.30. The number of aryl methyl sites for hydroxylation is 4. The van der Waals surface area contributed by atoms with Crippen LogP contribution in [0.5, 0.6) is 0 Å². The van der Waals surface area contributed by atoms with Gasteiger partial charge in [0.15, 0.2) is 0 Å². The largest absolute Gasteiger partial charge is 0.324 e. The maximum absolute atomic E-state index is 6.33. The van der Waals surface area contributed by atoms with Crippen molar-refractivity contribution >= 4 is 11.6 Å². The Bertz CT molecular complexity index is 602. The van der Waals surface area contributed by atoms with Crippen LogP contribution in [0.15, 0.2) is 18.2 Å². The van der Waals surface area contributed by atoms with E-state index in [4.69, 9.17) is 17.3 Å². The molecule has 0 spiro atoms. The fourth-order valence-electron chi connectivity index (χ4n) is 2.48. The summed E-state index contributed by atoms with van der Waals surface area (Å²) in [4.78, 5) is 0. The Morgan fingerprint density at radius 3 is 2.53 bits per heavy atom. The number of hydrogen-bond acceptors (Lipinski definition) is 2. The maximum Gasteiger partial charge on any atom is 0.130 e. The number of nitrogens with zero attached hydrogens (tertiary/aromatic N) is 2. The summed E-state index contributed by atoms with van der Waals surface area (Å²) >= 11 is 6.26. The Morgan fingerprint density at radius 1 is 1.32 bits per heavy atom. The molecule has 19 heavy (non-hydrogen) atoms. The molecule has 1 atom stereocenters. The molecule has 0 aliphatic rings. The van der Waals surface area contributed by atoms with Gasteiger partial charge in [0.1, 0.15) is 5.15 Å². The molecule has 3 nitrogen and oxygen atoms in total. The van der Waals surface area contributed by atoms with Gasteiger partial charge in [0.05, 0.1) is 5.69 Å². The molecule has 2 aromatic rings. The lowest BCUT2D eigenvalue weighted by molar-refractivity contribution is 0.712. The molecule has 1 aromatic carbocycles.